The van der Waals surface area contributed by atoms with Crippen molar-refractivity contribution in [1.82, 2.24) is 20.1 Å². The Balaban J connectivity index is 2.11. The summed E-state index contributed by atoms with van der Waals surface area (Å²) in [5.74, 6) is 0.175. The highest BCUT2D eigenvalue weighted by atomic mass is 16.3. The molecule has 0 radical (unpaired) electrons. The first kappa shape index (κ1) is 15.1. The minimum atomic E-state index is -0.437. The van der Waals surface area contributed by atoms with Gasteiger partial charge in [0, 0.05) is 12.5 Å². The summed E-state index contributed by atoms with van der Waals surface area (Å²) >= 11 is 0. The van der Waals surface area contributed by atoms with Crippen LogP contribution in [0.2, 0.25) is 0 Å². The van der Waals surface area contributed by atoms with Gasteiger partial charge < -0.3 is 14.8 Å². The SMILES string of the molecule is CC(NC(=O)c1coc(C(C)(C)C)n1)c1nn(C)cc1O. The summed E-state index contributed by atoms with van der Waals surface area (Å²) < 4.78 is 6.81. The van der Waals surface area contributed by atoms with Crippen LogP contribution in [0.25, 0.3) is 0 Å². The Bertz CT molecular complexity index is 651. The molecule has 2 aromatic heterocycles. The molecule has 114 valence electrons. The molecule has 0 bridgehead atoms. The largest absolute Gasteiger partial charge is 0.504 e. The number of carbonyl (C=O) groups is 1. The molecule has 2 rings (SSSR count). The van der Waals surface area contributed by atoms with Crippen molar-refractivity contribution in [3.63, 3.8) is 0 Å². The lowest BCUT2D eigenvalue weighted by atomic mass is 9.97. The van der Waals surface area contributed by atoms with E-state index in [1.165, 1.54) is 17.1 Å². The molecule has 0 saturated heterocycles. The Morgan fingerprint density at radius 1 is 1.48 bits per heavy atom. The number of oxazole rings is 1. The van der Waals surface area contributed by atoms with Crippen LogP contribution < -0.4 is 5.32 Å². The number of rotatable bonds is 3. The van der Waals surface area contributed by atoms with Gasteiger partial charge in [0.1, 0.15) is 12.0 Å². The van der Waals surface area contributed by atoms with Crippen LogP contribution in [0.1, 0.15) is 55.8 Å². The molecule has 0 aliphatic carbocycles. The van der Waals surface area contributed by atoms with Gasteiger partial charge in [-0.15, -0.1) is 0 Å². The van der Waals surface area contributed by atoms with E-state index in [0.717, 1.165) is 0 Å². The summed E-state index contributed by atoms with van der Waals surface area (Å²) in [5, 5.41) is 16.6. The maximum absolute atomic E-state index is 12.1. The summed E-state index contributed by atoms with van der Waals surface area (Å²) in [4.78, 5) is 16.3. The zero-order valence-corrected chi connectivity index (χ0v) is 12.8. The molecular formula is C14H20N4O3. The molecule has 2 N–H and O–H groups in total. The maximum atomic E-state index is 12.1. The van der Waals surface area contributed by atoms with Crippen molar-refractivity contribution < 1.29 is 14.3 Å². The van der Waals surface area contributed by atoms with Crippen molar-refractivity contribution in [2.45, 2.75) is 39.2 Å². The quantitative estimate of drug-likeness (QED) is 0.901. The van der Waals surface area contributed by atoms with Gasteiger partial charge in [-0.1, -0.05) is 20.8 Å². The van der Waals surface area contributed by atoms with E-state index in [4.69, 9.17) is 4.42 Å². The van der Waals surface area contributed by atoms with Crippen LogP contribution >= 0.6 is 0 Å². The van der Waals surface area contributed by atoms with Gasteiger partial charge in [0.05, 0.1) is 12.2 Å². The third-order valence-corrected chi connectivity index (χ3v) is 2.97. The van der Waals surface area contributed by atoms with Crippen LogP contribution in [0.4, 0.5) is 0 Å². The molecule has 1 atom stereocenters. The molecule has 21 heavy (non-hydrogen) atoms. The van der Waals surface area contributed by atoms with Crippen LogP contribution in [-0.2, 0) is 12.5 Å². The van der Waals surface area contributed by atoms with Crippen LogP contribution in [-0.4, -0.2) is 25.8 Å². The highest BCUT2D eigenvalue weighted by Crippen LogP contribution is 2.23. The summed E-state index contributed by atoms with van der Waals surface area (Å²) in [5.41, 5.74) is 0.358. The Hall–Kier alpha value is -2.31. The maximum Gasteiger partial charge on any atom is 0.273 e. The van der Waals surface area contributed by atoms with Gasteiger partial charge in [-0.05, 0) is 6.92 Å². The number of amides is 1. The minimum Gasteiger partial charge on any atom is -0.504 e. The van der Waals surface area contributed by atoms with Crippen molar-refractivity contribution in [2.24, 2.45) is 7.05 Å². The van der Waals surface area contributed by atoms with Crippen LogP contribution in [0, 0.1) is 0 Å². The molecule has 7 heteroatoms. The van der Waals surface area contributed by atoms with Crippen LogP contribution in [0.15, 0.2) is 16.9 Å². The van der Waals surface area contributed by atoms with E-state index in [0.29, 0.717) is 11.6 Å². The van der Waals surface area contributed by atoms with Crippen LogP contribution in [0.5, 0.6) is 5.75 Å². The molecule has 7 nitrogen and oxygen atoms in total. The molecule has 0 aromatic carbocycles. The molecule has 2 heterocycles. The molecule has 0 fully saturated rings. The molecule has 1 unspecified atom stereocenters. The average Bonchev–Trinajstić information content (AvgIpc) is 2.95. The molecule has 1 amide bonds. The van der Waals surface area contributed by atoms with Crippen molar-refractivity contribution in [2.75, 3.05) is 0 Å². The normalized spacial score (nSPS) is 13.2. The molecular weight excluding hydrogens is 272 g/mol. The lowest BCUT2D eigenvalue weighted by Gasteiger charge is -2.12. The first-order valence-corrected chi connectivity index (χ1v) is 6.68. The van der Waals surface area contributed by atoms with E-state index in [1.54, 1.807) is 14.0 Å². The third-order valence-electron chi connectivity index (χ3n) is 2.97. The molecule has 0 spiro atoms. The van der Waals surface area contributed by atoms with E-state index in [1.807, 2.05) is 20.8 Å². The molecule has 0 aliphatic rings. The second-order valence-electron chi connectivity index (χ2n) is 6.06. The lowest BCUT2D eigenvalue weighted by Crippen LogP contribution is -2.27. The van der Waals surface area contributed by atoms with Gasteiger partial charge in [0.25, 0.3) is 5.91 Å². The van der Waals surface area contributed by atoms with Gasteiger partial charge in [-0.25, -0.2) is 4.98 Å². The Morgan fingerprint density at radius 3 is 2.62 bits per heavy atom. The fourth-order valence-corrected chi connectivity index (χ4v) is 1.86. The minimum absolute atomic E-state index is 0.0424. The Labute approximate surface area is 123 Å². The predicted molar refractivity (Wildman–Crippen MR) is 76.0 cm³/mol. The second-order valence-corrected chi connectivity index (χ2v) is 6.06. The first-order chi connectivity index (χ1) is 9.68. The number of aromatic hydroxyl groups is 1. The number of aryl methyl sites for hydroxylation is 1. The number of nitrogens with zero attached hydrogens (tertiary/aromatic N) is 3. The van der Waals surface area contributed by atoms with E-state index in [2.05, 4.69) is 15.4 Å². The van der Waals surface area contributed by atoms with Crippen molar-refractivity contribution in [3.05, 3.63) is 29.7 Å². The highest BCUT2D eigenvalue weighted by molar-refractivity contribution is 5.92. The number of carbonyl (C=O) groups excluding carboxylic acids is 1. The zero-order valence-electron chi connectivity index (χ0n) is 12.8. The summed E-state index contributed by atoms with van der Waals surface area (Å²) in [6.45, 7) is 7.60. The van der Waals surface area contributed by atoms with Gasteiger partial charge in [-0.2, -0.15) is 5.10 Å². The first-order valence-electron chi connectivity index (χ1n) is 6.68. The van der Waals surface area contributed by atoms with E-state index < -0.39 is 6.04 Å². The van der Waals surface area contributed by atoms with Crippen molar-refractivity contribution in [3.8, 4) is 5.75 Å². The summed E-state index contributed by atoms with van der Waals surface area (Å²) in [6, 6.07) is -0.437. The molecule has 0 aliphatic heterocycles. The molecule has 0 saturated carbocycles. The summed E-state index contributed by atoms with van der Waals surface area (Å²) in [6.07, 6.45) is 2.81. The molecule has 2 aromatic rings. The van der Waals surface area contributed by atoms with Crippen molar-refractivity contribution >= 4 is 5.91 Å². The lowest BCUT2D eigenvalue weighted by molar-refractivity contribution is 0.0933. The van der Waals surface area contributed by atoms with Crippen LogP contribution in [0.3, 0.4) is 0 Å². The van der Waals surface area contributed by atoms with E-state index in [9.17, 15) is 9.90 Å². The van der Waals surface area contributed by atoms with Gasteiger partial charge >= 0.3 is 0 Å². The average molecular weight is 292 g/mol. The third kappa shape index (κ3) is 3.24. The van der Waals surface area contributed by atoms with Gasteiger partial charge in [-0.3, -0.25) is 9.48 Å². The van der Waals surface area contributed by atoms with E-state index in [-0.39, 0.29) is 22.8 Å². The number of hydrogen-bond acceptors (Lipinski definition) is 5. The number of aromatic nitrogens is 3. The fourth-order valence-electron chi connectivity index (χ4n) is 1.86. The second kappa shape index (κ2) is 5.23. The number of hydrogen-bond donors (Lipinski definition) is 2. The summed E-state index contributed by atoms with van der Waals surface area (Å²) in [7, 11) is 1.70. The monoisotopic (exact) mass is 292 g/mol. The highest BCUT2D eigenvalue weighted by Gasteiger charge is 2.24. The standard InChI is InChI=1S/C14H20N4O3/c1-8(11-10(19)6-18(5)17-11)15-12(20)9-7-21-13(16-9)14(2,3)4/h6-8,19H,1-5H3,(H,15,20). The van der Waals surface area contributed by atoms with Gasteiger partial charge in [0.2, 0.25) is 0 Å². The topological polar surface area (TPSA) is 93.2 Å². The van der Waals surface area contributed by atoms with E-state index >= 15 is 0 Å². The Kier molecular flexibility index (Phi) is 3.76. The fraction of sp³-hybridized carbons (Fsp3) is 0.500. The Morgan fingerprint density at radius 2 is 2.14 bits per heavy atom. The number of nitrogens with one attached hydrogen (secondary N) is 1. The zero-order chi connectivity index (χ0) is 15.8. The van der Waals surface area contributed by atoms with Crippen molar-refractivity contribution in [1.29, 1.82) is 0 Å². The van der Waals surface area contributed by atoms with Gasteiger partial charge in [0.15, 0.2) is 17.3 Å². The predicted octanol–water partition coefficient (Wildman–Crippen LogP) is 1.90. The smallest absolute Gasteiger partial charge is 0.273 e.